The highest BCUT2D eigenvalue weighted by atomic mass is 32.1. The fraction of sp³-hybridized carbons (Fsp3) is 0.261. The minimum absolute atomic E-state index is 0.207. The highest BCUT2D eigenvalue weighted by molar-refractivity contribution is 7.13. The number of esters is 1. The summed E-state index contributed by atoms with van der Waals surface area (Å²) in [5.41, 5.74) is 4.12. The lowest BCUT2D eigenvalue weighted by Crippen LogP contribution is -2.22. The van der Waals surface area contributed by atoms with Crippen molar-refractivity contribution < 1.29 is 14.3 Å². The van der Waals surface area contributed by atoms with Crippen LogP contribution in [0.4, 0.5) is 5.69 Å². The van der Waals surface area contributed by atoms with Crippen LogP contribution in [-0.4, -0.2) is 23.5 Å². The quantitative estimate of drug-likeness (QED) is 0.530. The van der Waals surface area contributed by atoms with Crippen molar-refractivity contribution in [2.45, 2.75) is 33.1 Å². The molecule has 2 aromatic carbocycles. The van der Waals surface area contributed by atoms with E-state index in [2.05, 4.69) is 24.1 Å². The van der Waals surface area contributed by atoms with E-state index < -0.39 is 5.97 Å². The van der Waals surface area contributed by atoms with Gasteiger partial charge in [-0.05, 0) is 30.9 Å². The molecule has 0 bridgehead atoms. The van der Waals surface area contributed by atoms with Crippen molar-refractivity contribution in [3.05, 3.63) is 70.7 Å². The molecule has 3 aromatic rings. The second-order valence-corrected chi connectivity index (χ2v) is 7.78. The Balaban J connectivity index is 1.59. The number of nitrogens with zero attached hydrogens (tertiary/aromatic N) is 1. The Morgan fingerprint density at radius 3 is 2.59 bits per heavy atom. The molecule has 150 valence electrons. The number of carbonyl (C=O) groups is 2. The first-order valence-electron chi connectivity index (χ1n) is 9.56. The van der Waals surface area contributed by atoms with E-state index in [9.17, 15) is 9.59 Å². The lowest BCUT2D eigenvalue weighted by atomic mass is 9.97. The van der Waals surface area contributed by atoms with Crippen LogP contribution in [0.15, 0.2) is 53.9 Å². The van der Waals surface area contributed by atoms with Gasteiger partial charge in [-0.15, -0.1) is 11.3 Å². The molecular weight excluding hydrogens is 384 g/mol. The number of benzene rings is 2. The Bertz CT molecular complexity index is 995. The van der Waals surface area contributed by atoms with Crippen molar-refractivity contribution >= 4 is 28.9 Å². The van der Waals surface area contributed by atoms with E-state index >= 15 is 0 Å². The van der Waals surface area contributed by atoms with Crippen LogP contribution in [-0.2, 0) is 9.53 Å². The SMILES string of the molecule is CC[C@@H](C)c1ccccc1NC(=O)COC(=O)c1csc(-c2ccc(C)cc2)n1. The molecule has 0 saturated carbocycles. The van der Waals surface area contributed by atoms with Crippen molar-refractivity contribution in [1.29, 1.82) is 0 Å². The molecule has 0 unspecified atom stereocenters. The van der Waals surface area contributed by atoms with Gasteiger partial charge in [-0.2, -0.15) is 0 Å². The minimum atomic E-state index is -0.607. The van der Waals surface area contributed by atoms with E-state index in [0.29, 0.717) is 5.92 Å². The molecule has 1 N–H and O–H groups in total. The molecule has 0 fully saturated rings. The zero-order valence-electron chi connectivity index (χ0n) is 16.8. The first-order chi connectivity index (χ1) is 14.0. The number of rotatable bonds is 7. The third kappa shape index (κ3) is 5.29. The molecule has 6 heteroatoms. The van der Waals surface area contributed by atoms with Crippen LogP contribution in [0.2, 0.25) is 0 Å². The third-order valence-electron chi connectivity index (χ3n) is 4.72. The molecule has 0 saturated heterocycles. The first-order valence-corrected chi connectivity index (χ1v) is 10.4. The van der Waals surface area contributed by atoms with Gasteiger partial charge in [0, 0.05) is 16.6 Å². The summed E-state index contributed by atoms with van der Waals surface area (Å²) >= 11 is 1.37. The van der Waals surface area contributed by atoms with E-state index in [1.54, 1.807) is 5.38 Å². The summed E-state index contributed by atoms with van der Waals surface area (Å²) in [6.07, 6.45) is 0.967. The molecule has 1 aromatic heterocycles. The number of hydrogen-bond acceptors (Lipinski definition) is 5. The number of ether oxygens (including phenoxy) is 1. The Morgan fingerprint density at radius 2 is 1.86 bits per heavy atom. The summed E-state index contributed by atoms with van der Waals surface area (Å²) in [4.78, 5) is 28.9. The van der Waals surface area contributed by atoms with Crippen molar-refractivity contribution in [3.63, 3.8) is 0 Å². The molecule has 1 heterocycles. The number of thiazole rings is 1. The van der Waals surface area contributed by atoms with Crippen LogP contribution in [0.5, 0.6) is 0 Å². The van der Waals surface area contributed by atoms with Gasteiger partial charge in [-0.25, -0.2) is 9.78 Å². The Hall–Kier alpha value is -2.99. The fourth-order valence-corrected chi connectivity index (χ4v) is 3.64. The van der Waals surface area contributed by atoms with Gasteiger partial charge in [-0.1, -0.05) is 61.9 Å². The molecule has 0 aliphatic carbocycles. The number of nitrogens with one attached hydrogen (secondary N) is 1. The van der Waals surface area contributed by atoms with Gasteiger partial charge >= 0.3 is 5.97 Å². The van der Waals surface area contributed by atoms with Crippen LogP contribution in [0, 0.1) is 6.92 Å². The molecule has 0 aliphatic heterocycles. The number of carbonyl (C=O) groups excluding carboxylic acids is 2. The maximum atomic E-state index is 12.3. The summed E-state index contributed by atoms with van der Waals surface area (Å²) < 4.78 is 5.15. The van der Waals surface area contributed by atoms with Crippen LogP contribution < -0.4 is 5.32 Å². The smallest absolute Gasteiger partial charge is 0.358 e. The Morgan fingerprint density at radius 1 is 1.14 bits per heavy atom. The number of aromatic nitrogens is 1. The van der Waals surface area contributed by atoms with Crippen LogP contribution in [0.1, 0.15) is 47.8 Å². The Kier molecular flexibility index (Phi) is 6.77. The van der Waals surface area contributed by atoms with Gasteiger partial charge in [0.05, 0.1) is 0 Å². The number of hydrogen-bond donors (Lipinski definition) is 1. The van der Waals surface area contributed by atoms with Crippen LogP contribution >= 0.6 is 11.3 Å². The predicted octanol–water partition coefficient (Wildman–Crippen LogP) is 5.43. The second-order valence-electron chi connectivity index (χ2n) is 6.92. The minimum Gasteiger partial charge on any atom is -0.451 e. The summed E-state index contributed by atoms with van der Waals surface area (Å²) in [6, 6.07) is 15.6. The summed E-state index contributed by atoms with van der Waals surface area (Å²) in [5, 5.41) is 5.22. The predicted molar refractivity (Wildman–Crippen MR) is 116 cm³/mol. The normalized spacial score (nSPS) is 11.7. The molecule has 1 atom stereocenters. The van der Waals surface area contributed by atoms with Gasteiger partial charge in [0.15, 0.2) is 12.3 Å². The van der Waals surface area contributed by atoms with E-state index in [1.807, 2.05) is 55.5 Å². The largest absolute Gasteiger partial charge is 0.451 e. The lowest BCUT2D eigenvalue weighted by molar-refractivity contribution is -0.119. The van der Waals surface area contributed by atoms with Gasteiger partial charge in [-0.3, -0.25) is 4.79 Å². The zero-order valence-corrected chi connectivity index (χ0v) is 17.6. The second kappa shape index (κ2) is 9.47. The van der Waals surface area contributed by atoms with Gasteiger partial charge in [0.1, 0.15) is 5.01 Å². The molecule has 29 heavy (non-hydrogen) atoms. The molecule has 5 nitrogen and oxygen atoms in total. The van der Waals surface area contributed by atoms with Crippen molar-refractivity contribution in [2.24, 2.45) is 0 Å². The fourth-order valence-electron chi connectivity index (χ4n) is 2.85. The summed E-state index contributed by atoms with van der Waals surface area (Å²) in [7, 11) is 0. The first kappa shape index (κ1) is 20.7. The lowest BCUT2D eigenvalue weighted by Gasteiger charge is -2.15. The van der Waals surface area contributed by atoms with Crippen molar-refractivity contribution in [1.82, 2.24) is 4.98 Å². The van der Waals surface area contributed by atoms with E-state index in [0.717, 1.165) is 33.8 Å². The Labute approximate surface area is 174 Å². The molecule has 0 radical (unpaired) electrons. The molecule has 0 aliphatic rings. The van der Waals surface area contributed by atoms with E-state index in [-0.39, 0.29) is 18.2 Å². The van der Waals surface area contributed by atoms with Crippen LogP contribution in [0.3, 0.4) is 0 Å². The zero-order chi connectivity index (χ0) is 20.8. The molecular formula is C23H24N2O3S. The van der Waals surface area contributed by atoms with Gasteiger partial charge in [0.25, 0.3) is 5.91 Å². The molecule has 3 rings (SSSR count). The van der Waals surface area contributed by atoms with Gasteiger partial charge < -0.3 is 10.1 Å². The summed E-state index contributed by atoms with van der Waals surface area (Å²) in [5.74, 6) is -0.655. The standard InChI is InChI=1S/C23H24N2O3S/c1-4-16(3)18-7-5-6-8-19(18)24-21(26)13-28-23(27)20-14-29-22(25-20)17-11-9-15(2)10-12-17/h5-12,14,16H,4,13H2,1-3H3,(H,24,26)/t16-/m1/s1. The molecule has 1 amide bonds. The molecule has 0 spiro atoms. The number of anilines is 1. The number of amides is 1. The highest BCUT2D eigenvalue weighted by Gasteiger charge is 2.16. The van der Waals surface area contributed by atoms with Gasteiger partial charge in [0.2, 0.25) is 0 Å². The maximum absolute atomic E-state index is 12.3. The monoisotopic (exact) mass is 408 g/mol. The average Bonchev–Trinajstić information content (AvgIpc) is 3.23. The van der Waals surface area contributed by atoms with Crippen LogP contribution in [0.25, 0.3) is 10.6 Å². The highest BCUT2D eigenvalue weighted by Crippen LogP contribution is 2.27. The third-order valence-corrected chi connectivity index (χ3v) is 5.62. The maximum Gasteiger partial charge on any atom is 0.358 e. The number of para-hydroxylation sites is 1. The average molecular weight is 409 g/mol. The van der Waals surface area contributed by atoms with Crippen molar-refractivity contribution in [3.8, 4) is 10.6 Å². The number of aryl methyl sites for hydroxylation is 1. The summed E-state index contributed by atoms with van der Waals surface area (Å²) in [6.45, 7) is 5.87. The topological polar surface area (TPSA) is 68.3 Å². The van der Waals surface area contributed by atoms with E-state index in [1.165, 1.54) is 11.3 Å². The van der Waals surface area contributed by atoms with E-state index in [4.69, 9.17) is 4.74 Å². The van der Waals surface area contributed by atoms with Crippen molar-refractivity contribution in [2.75, 3.05) is 11.9 Å².